The van der Waals surface area contributed by atoms with Gasteiger partial charge in [-0.3, -0.25) is 9.69 Å². The summed E-state index contributed by atoms with van der Waals surface area (Å²) in [4.78, 5) is 14.5. The fourth-order valence-corrected chi connectivity index (χ4v) is 3.76. The molecule has 0 atom stereocenters. The normalized spacial score (nSPS) is 15.3. The van der Waals surface area contributed by atoms with E-state index >= 15 is 0 Å². The predicted octanol–water partition coefficient (Wildman–Crippen LogP) is 4.41. The minimum absolute atomic E-state index is 0.108. The van der Waals surface area contributed by atoms with Crippen molar-refractivity contribution in [3.8, 4) is 5.75 Å². The molecular weight excluding hydrogens is 411 g/mol. The first-order valence-electron chi connectivity index (χ1n) is 9.76. The van der Waals surface area contributed by atoms with E-state index in [0.29, 0.717) is 29.5 Å². The average molecular weight is 437 g/mol. The lowest BCUT2D eigenvalue weighted by atomic mass is 10.1. The summed E-state index contributed by atoms with van der Waals surface area (Å²) < 4.78 is 11.0. The number of hydrogen-bond donors (Lipinski definition) is 1. The molecule has 0 aliphatic carbocycles. The van der Waals surface area contributed by atoms with Crippen LogP contribution in [0.2, 0.25) is 10.0 Å². The first-order chi connectivity index (χ1) is 14.1. The number of benzene rings is 2. The van der Waals surface area contributed by atoms with Crippen molar-refractivity contribution >= 4 is 29.1 Å². The standard InChI is InChI=1S/C22H26Cl2N2O3/c1-28-13-10-25-22(27)16-6-7-21(20(24)14-16)29-18-8-11-26(12-9-18)15-17-4-2-3-5-19(17)23/h2-7,14,18H,8-13,15H2,1H3,(H,25,27). The van der Waals surface area contributed by atoms with Crippen molar-refractivity contribution in [1.82, 2.24) is 10.2 Å². The Morgan fingerprint density at radius 3 is 2.59 bits per heavy atom. The van der Waals surface area contributed by atoms with Gasteiger partial charge in [-0.05, 0) is 42.7 Å². The number of nitrogens with zero attached hydrogens (tertiary/aromatic N) is 1. The van der Waals surface area contributed by atoms with Crippen molar-refractivity contribution in [3.63, 3.8) is 0 Å². The van der Waals surface area contributed by atoms with Crippen LogP contribution in [0, 0.1) is 0 Å². The Hall–Kier alpha value is -1.79. The Morgan fingerprint density at radius 2 is 1.90 bits per heavy atom. The number of methoxy groups -OCH3 is 1. The highest BCUT2D eigenvalue weighted by atomic mass is 35.5. The molecule has 0 unspecified atom stereocenters. The zero-order chi connectivity index (χ0) is 20.6. The van der Waals surface area contributed by atoms with Gasteiger partial charge in [-0.25, -0.2) is 0 Å². The SMILES string of the molecule is COCCNC(=O)c1ccc(OC2CCN(Cc3ccccc3Cl)CC2)c(Cl)c1. The monoisotopic (exact) mass is 436 g/mol. The molecule has 1 aliphatic rings. The topological polar surface area (TPSA) is 50.8 Å². The van der Waals surface area contributed by atoms with Crippen LogP contribution in [0.25, 0.3) is 0 Å². The Labute approximate surface area is 181 Å². The minimum atomic E-state index is -0.177. The van der Waals surface area contributed by atoms with E-state index in [4.69, 9.17) is 32.7 Å². The third kappa shape index (κ3) is 6.34. The van der Waals surface area contributed by atoms with Gasteiger partial charge in [0.1, 0.15) is 11.9 Å². The largest absolute Gasteiger partial charge is 0.489 e. The average Bonchev–Trinajstić information content (AvgIpc) is 2.72. The van der Waals surface area contributed by atoms with Crippen LogP contribution in [0.3, 0.4) is 0 Å². The van der Waals surface area contributed by atoms with Crippen molar-refractivity contribution < 1.29 is 14.3 Å². The van der Waals surface area contributed by atoms with Crippen LogP contribution in [-0.4, -0.2) is 50.3 Å². The first-order valence-corrected chi connectivity index (χ1v) is 10.5. The van der Waals surface area contributed by atoms with E-state index in [2.05, 4.69) is 16.3 Å². The molecule has 0 spiro atoms. The Balaban J connectivity index is 1.50. The highest BCUT2D eigenvalue weighted by Gasteiger charge is 2.22. The number of ether oxygens (including phenoxy) is 2. The number of likely N-dealkylation sites (tertiary alicyclic amines) is 1. The van der Waals surface area contributed by atoms with Crippen LogP contribution in [0.15, 0.2) is 42.5 Å². The summed E-state index contributed by atoms with van der Waals surface area (Å²) >= 11 is 12.6. The van der Waals surface area contributed by atoms with Crippen molar-refractivity contribution in [1.29, 1.82) is 0 Å². The van der Waals surface area contributed by atoms with Gasteiger partial charge in [0.2, 0.25) is 0 Å². The molecule has 2 aromatic rings. The lowest BCUT2D eigenvalue weighted by Gasteiger charge is -2.32. The molecule has 29 heavy (non-hydrogen) atoms. The molecule has 3 rings (SSSR count). The fraction of sp³-hybridized carbons (Fsp3) is 0.409. The molecule has 1 amide bonds. The number of halogens is 2. The maximum atomic E-state index is 12.1. The summed E-state index contributed by atoms with van der Waals surface area (Å²) in [6, 6.07) is 13.1. The van der Waals surface area contributed by atoms with Crippen LogP contribution in [0.5, 0.6) is 5.75 Å². The molecule has 0 saturated carbocycles. The first kappa shape index (κ1) is 21.9. The zero-order valence-corrected chi connectivity index (χ0v) is 18.0. The molecule has 0 radical (unpaired) electrons. The summed E-state index contributed by atoms with van der Waals surface area (Å²) in [6.45, 7) is 3.65. The van der Waals surface area contributed by atoms with Crippen molar-refractivity contribution in [3.05, 3.63) is 63.6 Å². The number of piperidine rings is 1. The van der Waals surface area contributed by atoms with E-state index in [-0.39, 0.29) is 12.0 Å². The van der Waals surface area contributed by atoms with Crippen molar-refractivity contribution in [2.45, 2.75) is 25.5 Å². The number of carbonyl (C=O) groups is 1. The van der Waals surface area contributed by atoms with Crippen LogP contribution in [0.1, 0.15) is 28.8 Å². The number of hydrogen-bond acceptors (Lipinski definition) is 4. The second-order valence-electron chi connectivity index (χ2n) is 7.08. The lowest BCUT2D eigenvalue weighted by Crippen LogP contribution is -2.37. The molecule has 0 bridgehead atoms. The molecule has 1 saturated heterocycles. The Kier molecular flexibility index (Phi) is 8.19. The molecule has 1 fully saturated rings. The fourth-order valence-electron chi connectivity index (χ4n) is 3.34. The third-order valence-corrected chi connectivity index (χ3v) is 5.63. The quantitative estimate of drug-likeness (QED) is 0.622. The van der Waals surface area contributed by atoms with Gasteiger partial charge in [-0.2, -0.15) is 0 Å². The molecule has 0 aromatic heterocycles. The summed E-state index contributed by atoms with van der Waals surface area (Å²) in [5.74, 6) is 0.438. The Bertz CT molecular complexity index is 823. The summed E-state index contributed by atoms with van der Waals surface area (Å²) in [7, 11) is 1.59. The summed E-state index contributed by atoms with van der Waals surface area (Å²) in [5, 5.41) is 4.03. The second-order valence-corrected chi connectivity index (χ2v) is 7.89. The molecule has 1 aliphatic heterocycles. The third-order valence-electron chi connectivity index (χ3n) is 4.97. The molecular formula is C22H26Cl2N2O3. The Morgan fingerprint density at radius 1 is 1.14 bits per heavy atom. The lowest BCUT2D eigenvalue weighted by molar-refractivity contribution is 0.0935. The second kappa shape index (κ2) is 10.8. The van der Waals surface area contributed by atoms with E-state index in [9.17, 15) is 4.79 Å². The predicted molar refractivity (Wildman–Crippen MR) is 116 cm³/mol. The molecule has 1 heterocycles. The molecule has 156 valence electrons. The number of rotatable bonds is 8. The van der Waals surface area contributed by atoms with Gasteiger partial charge in [0.05, 0.1) is 11.6 Å². The molecule has 1 N–H and O–H groups in total. The van der Waals surface area contributed by atoms with Crippen LogP contribution in [-0.2, 0) is 11.3 Å². The van der Waals surface area contributed by atoms with Gasteiger partial charge in [0, 0.05) is 43.9 Å². The number of amides is 1. The van der Waals surface area contributed by atoms with Crippen molar-refractivity contribution in [2.24, 2.45) is 0 Å². The van der Waals surface area contributed by atoms with E-state index in [1.807, 2.05) is 18.2 Å². The summed E-state index contributed by atoms with van der Waals surface area (Å²) in [5.41, 5.74) is 1.66. The molecule has 7 heteroatoms. The van der Waals surface area contributed by atoms with Crippen LogP contribution >= 0.6 is 23.2 Å². The maximum absolute atomic E-state index is 12.1. The number of nitrogens with one attached hydrogen (secondary N) is 1. The van der Waals surface area contributed by atoms with E-state index < -0.39 is 0 Å². The highest BCUT2D eigenvalue weighted by molar-refractivity contribution is 6.32. The number of carbonyl (C=O) groups excluding carboxylic acids is 1. The highest BCUT2D eigenvalue weighted by Crippen LogP contribution is 2.29. The van der Waals surface area contributed by atoms with Gasteiger partial charge in [0.25, 0.3) is 5.91 Å². The van der Waals surface area contributed by atoms with Crippen LogP contribution in [0.4, 0.5) is 0 Å². The van der Waals surface area contributed by atoms with Crippen LogP contribution < -0.4 is 10.1 Å². The smallest absolute Gasteiger partial charge is 0.251 e. The van der Waals surface area contributed by atoms with Gasteiger partial charge < -0.3 is 14.8 Å². The van der Waals surface area contributed by atoms with E-state index in [1.54, 1.807) is 25.3 Å². The van der Waals surface area contributed by atoms with E-state index in [1.165, 1.54) is 0 Å². The van der Waals surface area contributed by atoms with Crippen molar-refractivity contribution in [2.75, 3.05) is 33.4 Å². The molecule has 2 aromatic carbocycles. The minimum Gasteiger partial charge on any atom is -0.489 e. The summed E-state index contributed by atoms with van der Waals surface area (Å²) in [6.07, 6.45) is 1.94. The van der Waals surface area contributed by atoms with Gasteiger partial charge in [0.15, 0.2) is 0 Å². The van der Waals surface area contributed by atoms with E-state index in [0.717, 1.165) is 43.1 Å². The van der Waals surface area contributed by atoms with Gasteiger partial charge in [-0.1, -0.05) is 41.4 Å². The van der Waals surface area contributed by atoms with Gasteiger partial charge in [-0.15, -0.1) is 0 Å². The molecule has 5 nitrogen and oxygen atoms in total. The zero-order valence-electron chi connectivity index (χ0n) is 16.5. The maximum Gasteiger partial charge on any atom is 0.251 e. The van der Waals surface area contributed by atoms with Gasteiger partial charge >= 0.3 is 0 Å².